The zero-order valence-corrected chi connectivity index (χ0v) is 8.89. The lowest BCUT2D eigenvalue weighted by Gasteiger charge is -2.00. The molecule has 0 spiro atoms. The second-order valence-electron chi connectivity index (χ2n) is 3.35. The van der Waals surface area contributed by atoms with Crippen LogP contribution in [0.25, 0.3) is 0 Å². The van der Waals surface area contributed by atoms with Gasteiger partial charge in [-0.2, -0.15) is 0 Å². The van der Waals surface area contributed by atoms with Gasteiger partial charge in [0.1, 0.15) is 0 Å². The number of allylic oxidation sites excluding steroid dienone is 4. The molecule has 0 aromatic heterocycles. The third-order valence-corrected chi connectivity index (χ3v) is 2.16. The Kier molecular flexibility index (Phi) is 8.75. The van der Waals surface area contributed by atoms with E-state index >= 15 is 0 Å². The highest BCUT2D eigenvalue weighted by Gasteiger charge is 1.91. The summed E-state index contributed by atoms with van der Waals surface area (Å²) in [5.74, 6) is 0. The van der Waals surface area contributed by atoms with Crippen molar-refractivity contribution in [3.05, 3.63) is 37.0 Å². The predicted molar refractivity (Wildman–Crippen MR) is 61.9 cm³/mol. The van der Waals surface area contributed by atoms with Crippen LogP contribution in [-0.4, -0.2) is 0 Å². The van der Waals surface area contributed by atoms with Crippen molar-refractivity contribution in [2.75, 3.05) is 0 Å². The van der Waals surface area contributed by atoms with E-state index in [-0.39, 0.29) is 0 Å². The van der Waals surface area contributed by atoms with Crippen LogP contribution in [0.4, 0.5) is 0 Å². The van der Waals surface area contributed by atoms with Crippen LogP contribution in [0.5, 0.6) is 0 Å². The second kappa shape index (κ2) is 9.31. The molecule has 0 nitrogen and oxygen atoms in total. The molecule has 0 radical (unpaired) electrons. The fourth-order valence-corrected chi connectivity index (χ4v) is 1.34. The van der Waals surface area contributed by atoms with E-state index in [4.69, 9.17) is 0 Å². The van der Waals surface area contributed by atoms with Gasteiger partial charge in [0, 0.05) is 0 Å². The van der Waals surface area contributed by atoms with Crippen LogP contribution in [-0.2, 0) is 0 Å². The standard InChI is InChI=1S/C13H22/c1-4-7-8-9-10-12-13(6-3)11-5-2/h5-6,11H,2-4,7-10,12H2,1H3/b13-11+. The summed E-state index contributed by atoms with van der Waals surface area (Å²) in [4.78, 5) is 0. The predicted octanol–water partition coefficient (Wildman–Crippen LogP) is 4.65. The number of hydrogen-bond acceptors (Lipinski definition) is 0. The van der Waals surface area contributed by atoms with Crippen molar-refractivity contribution >= 4 is 0 Å². The summed E-state index contributed by atoms with van der Waals surface area (Å²) in [6.45, 7) is 9.70. The van der Waals surface area contributed by atoms with E-state index in [1.54, 1.807) is 0 Å². The lowest BCUT2D eigenvalue weighted by Crippen LogP contribution is -1.81. The van der Waals surface area contributed by atoms with Gasteiger partial charge in [0.25, 0.3) is 0 Å². The van der Waals surface area contributed by atoms with Crippen LogP contribution in [0.2, 0.25) is 0 Å². The molecule has 13 heavy (non-hydrogen) atoms. The van der Waals surface area contributed by atoms with E-state index < -0.39 is 0 Å². The van der Waals surface area contributed by atoms with Crippen LogP contribution in [0.1, 0.15) is 45.4 Å². The summed E-state index contributed by atoms with van der Waals surface area (Å²) in [5.41, 5.74) is 1.31. The monoisotopic (exact) mass is 178 g/mol. The second-order valence-corrected chi connectivity index (χ2v) is 3.35. The first-order valence-electron chi connectivity index (χ1n) is 5.29. The largest absolute Gasteiger partial charge is 0.0991 e. The van der Waals surface area contributed by atoms with Crippen LogP contribution in [0, 0.1) is 0 Å². The Bertz CT molecular complexity index is 163. The first-order valence-corrected chi connectivity index (χ1v) is 5.29. The first-order chi connectivity index (χ1) is 6.35. The normalized spacial score (nSPS) is 11.3. The summed E-state index contributed by atoms with van der Waals surface area (Å²) in [7, 11) is 0. The molecule has 0 saturated heterocycles. The average molecular weight is 178 g/mol. The smallest absolute Gasteiger partial charge is 0.0279 e. The summed E-state index contributed by atoms with van der Waals surface area (Å²) in [5, 5.41) is 0. The molecule has 0 heterocycles. The van der Waals surface area contributed by atoms with Gasteiger partial charge in [-0.05, 0) is 18.4 Å². The van der Waals surface area contributed by atoms with Crippen molar-refractivity contribution in [1.82, 2.24) is 0 Å². The molecule has 0 heteroatoms. The van der Waals surface area contributed by atoms with Gasteiger partial charge in [0.05, 0.1) is 0 Å². The molecule has 0 aliphatic rings. The molecular weight excluding hydrogens is 156 g/mol. The van der Waals surface area contributed by atoms with Crippen LogP contribution in [0.15, 0.2) is 37.0 Å². The summed E-state index contributed by atoms with van der Waals surface area (Å²) in [6.07, 6.45) is 13.7. The maximum Gasteiger partial charge on any atom is -0.0279 e. The Morgan fingerprint density at radius 3 is 2.31 bits per heavy atom. The molecule has 0 atom stereocenters. The summed E-state index contributed by atoms with van der Waals surface area (Å²) < 4.78 is 0. The number of rotatable bonds is 8. The molecule has 0 N–H and O–H groups in total. The highest BCUT2D eigenvalue weighted by Crippen LogP contribution is 2.11. The first kappa shape index (κ1) is 12.2. The quantitative estimate of drug-likeness (QED) is 0.375. The van der Waals surface area contributed by atoms with Crippen molar-refractivity contribution in [3.8, 4) is 0 Å². The van der Waals surface area contributed by atoms with E-state index in [0.717, 1.165) is 6.42 Å². The van der Waals surface area contributed by atoms with E-state index in [0.29, 0.717) is 0 Å². The highest BCUT2D eigenvalue weighted by molar-refractivity contribution is 5.20. The number of hydrogen-bond donors (Lipinski definition) is 0. The van der Waals surface area contributed by atoms with E-state index in [9.17, 15) is 0 Å². The van der Waals surface area contributed by atoms with Crippen LogP contribution < -0.4 is 0 Å². The molecular formula is C13H22. The third-order valence-electron chi connectivity index (χ3n) is 2.16. The molecule has 0 rings (SSSR count). The highest BCUT2D eigenvalue weighted by atomic mass is 14.0. The molecule has 0 aromatic carbocycles. The van der Waals surface area contributed by atoms with Gasteiger partial charge in [-0.15, -0.1) is 0 Å². The SMILES string of the molecule is C=C/C=C(\C=C)CCCCCCC. The Morgan fingerprint density at radius 2 is 1.77 bits per heavy atom. The van der Waals surface area contributed by atoms with Gasteiger partial charge in [-0.3, -0.25) is 0 Å². The fourth-order valence-electron chi connectivity index (χ4n) is 1.34. The molecule has 0 fully saturated rings. The zero-order chi connectivity index (χ0) is 9.94. The maximum absolute atomic E-state index is 3.78. The molecule has 0 aromatic rings. The lowest BCUT2D eigenvalue weighted by atomic mass is 10.1. The molecule has 0 bridgehead atoms. The van der Waals surface area contributed by atoms with Crippen molar-refractivity contribution in [3.63, 3.8) is 0 Å². The average Bonchev–Trinajstić information content (AvgIpc) is 2.16. The van der Waals surface area contributed by atoms with Gasteiger partial charge < -0.3 is 0 Å². The Balaban J connectivity index is 3.44. The molecule has 0 aliphatic heterocycles. The minimum absolute atomic E-state index is 1.15. The fraction of sp³-hybridized carbons (Fsp3) is 0.538. The Morgan fingerprint density at radius 1 is 1.08 bits per heavy atom. The van der Waals surface area contributed by atoms with E-state index in [1.165, 1.54) is 37.7 Å². The zero-order valence-electron chi connectivity index (χ0n) is 8.89. The Labute approximate surface area is 83.0 Å². The van der Waals surface area contributed by atoms with Crippen molar-refractivity contribution in [2.24, 2.45) is 0 Å². The van der Waals surface area contributed by atoms with Crippen molar-refractivity contribution in [2.45, 2.75) is 45.4 Å². The Hall–Kier alpha value is -0.780. The van der Waals surface area contributed by atoms with Gasteiger partial charge in [-0.1, -0.05) is 64.0 Å². The van der Waals surface area contributed by atoms with Crippen LogP contribution >= 0.6 is 0 Å². The minimum atomic E-state index is 1.15. The summed E-state index contributed by atoms with van der Waals surface area (Å²) >= 11 is 0. The van der Waals surface area contributed by atoms with Crippen molar-refractivity contribution in [1.29, 1.82) is 0 Å². The minimum Gasteiger partial charge on any atom is -0.0991 e. The van der Waals surface area contributed by atoms with Gasteiger partial charge in [-0.25, -0.2) is 0 Å². The third kappa shape index (κ3) is 7.58. The molecule has 0 amide bonds. The molecule has 0 unspecified atom stereocenters. The molecule has 0 saturated carbocycles. The maximum atomic E-state index is 3.78. The van der Waals surface area contributed by atoms with Gasteiger partial charge in [0.15, 0.2) is 0 Å². The number of unbranched alkanes of at least 4 members (excludes halogenated alkanes) is 4. The van der Waals surface area contributed by atoms with E-state index in [2.05, 4.69) is 20.1 Å². The topological polar surface area (TPSA) is 0 Å². The molecule has 0 aliphatic carbocycles. The molecule has 74 valence electrons. The van der Waals surface area contributed by atoms with Crippen molar-refractivity contribution < 1.29 is 0 Å². The van der Waals surface area contributed by atoms with Gasteiger partial charge in [0.2, 0.25) is 0 Å². The summed E-state index contributed by atoms with van der Waals surface area (Å²) in [6, 6.07) is 0. The van der Waals surface area contributed by atoms with Crippen LogP contribution in [0.3, 0.4) is 0 Å². The van der Waals surface area contributed by atoms with Gasteiger partial charge >= 0.3 is 0 Å². The lowest BCUT2D eigenvalue weighted by molar-refractivity contribution is 0.633. The van der Waals surface area contributed by atoms with E-state index in [1.807, 2.05) is 18.2 Å².